The normalized spacial score (nSPS) is 10.7. The van der Waals surface area contributed by atoms with Crippen LogP contribution in [0.5, 0.6) is 0 Å². The molecule has 8 nitrogen and oxygen atoms in total. The zero-order valence-electron chi connectivity index (χ0n) is 15.5. The van der Waals surface area contributed by atoms with Gasteiger partial charge >= 0.3 is 0 Å². The molecule has 11 heteroatoms. The van der Waals surface area contributed by atoms with Crippen molar-refractivity contribution in [1.29, 1.82) is 0 Å². The molecule has 0 aliphatic heterocycles. The molecule has 2 rings (SSSR count). The van der Waals surface area contributed by atoms with E-state index in [-0.39, 0.29) is 24.5 Å². The molecular weight excluding hydrogens is 393 g/mol. The molecule has 29 heavy (non-hydrogen) atoms. The van der Waals surface area contributed by atoms with Gasteiger partial charge < -0.3 is 10.6 Å². The number of nitro groups is 1. The number of rotatable bonds is 7. The van der Waals surface area contributed by atoms with Crippen LogP contribution in [0.4, 0.5) is 30.2 Å². The predicted octanol–water partition coefficient (Wildman–Crippen LogP) is 2.83. The van der Waals surface area contributed by atoms with Gasteiger partial charge in [0.25, 0.3) is 5.69 Å². The monoisotopic (exact) mass is 410 g/mol. The minimum absolute atomic E-state index is 0.188. The highest BCUT2D eigenvalue weighted by Crippen LogP contribution is 2.22. The van der Waals surface area contributed by atoms with Crippen LogP contribution in [0.15, 0.2) is 30.3 Å². The Morgan fingerprint density at radius 1 is 1.00 bits per heavy atom. The molecular formula is C18H17F3N4O4. The van der Waals surface area contributed by atoms with E-state index in [0.717, 1.165) is 6.07 Å². The van der Waals surface area contributed by atoms with Gasteiger partial charge in [-0.25, -0.2) is 13.2 Å². The third-order valence-electron chi connectivity index (χ3n) is 3.84. The highest BCUT2D eigenvalue weighted by Gasteiger charge is 2.17. The Morgan fingerprint density at radius 3 is 2.17 bits per heavy atom. The van der Waals surface area contributed by atoms with Gasteiger partial charge in [0.2, 0.25) is 11.8 Å². The van der Waals surface area contributed by atoms with E-state index in [2.05, 4.69) is 10.6 Å². The maximum Gasteiger partial charge on any atom is 0.271 e. The fourth-order valence-corrected chi connectivity index (χ4v) is 2.41. The molecule has 0 bridgehead atoms. The second-order valence-corrected chi connectivity index (χ2v) is 6.25. The first-order valence-corrected chi connectivity index (χ1v) is 8.25. The maximum absolute atomic E-state index is 13.6. The highest BCUT2D eigenvalue weighted by atomic mass is 19.2. The summed E-state index contributed by atoms with van der Waals surface area (Å²) in [6.07, 6.45) is 0. The van der Waals surface area contributed by atoms with Gasteiger partial charge in [0.1, 0.15) is 0 Å². The summed E-state index contributed by atoms with van der Waals surface area (Å²) in [5.41, 5.74) is 0.148. The first-order chi connectivity index (χ1) is 13.6. The minimum Gasteiger partial charge on any atom is -0.324 e. The Bertz CT molecular complexity index is 968. The van der Waals surface area contributed by atoms with Crippen LogP contribution in [-0.2, 0) is 9.59 Å². The number of hydrogen-bond acceptors (Lipinski definition) is 5. The van der Waals surface area contributed by atoms with E-state index in [4.69, 9.17) is 0 Å². The molecule has 0 aromatic heterocycles. The van der Waals surface area contributed by atoms with Crippen molar-refractivity contribution in [2.75, 3.05) is 30.8 Å². The number of nitrogens with zero attached hydrogens (tertiary/aromatic N) is 2. The van der Waals surface area contributed by atoms with Gasteiger partial charge in [0.15, 0.2) is 17.5 Å². The highest BCUT2D eigenvalue weighted by molar-refractivity contribution is 5.95. The lowest BCUT2D eigenvalue weighted by molar-refractivity contribution is -0.384. The number of halogens is 3. The molecule has 0 fully saturated rings. The fraction of sp³-hybridized carbons (Fsp3) is 0.222. The van der Waals surface area contributed by atoms with Gasteiger partial charge in [-0.05, 0) is 31.7 Å². The van der Waals surface area contributed by atoms with E-state index in [9.17, 15) is 32.9 Å². The van der Waals surface area contributed by atoms with Crippen molar-refractivity contribution >= 4 is 28.9 Å². The molecule has 2 aromatic rings. The van der Waals surface area contributed by atoms with Crippen molar-refractivity contribution in [1.82, 2.24) is 4.90 Å². The summed E-state index contributed by atoms with van der Waals surface area (Å²) in [6, 6.07) is 5.56. The van der Waals surface area contributed by atoms with E-state index in [1.165, 1.54) is 30.1 Å². The zero-order chi connectivity index (χ0) is 21.7. The molecule has 0 saturated heterocycles. The van der Waals surface area contributed by atoms with Crippen molar-refractivity contribution in [3.05, 3.63) is 63.5 Å². The zero-order valence-corrected chi connectivity index (χ0v) is 15.5. The molecule has 0 spiro atoms. The molecule has 0 aliphatic carbocycles. The molecule has 0 heterocycles. The second-order valence-electron chi connectivity index (χ2n) is 6.25. The molecule has 0 aliphatic rings. The van der Waals surface area contributed by atoms with Crippen LogP contribution in [0, 0.1) is 34.5 Å². The van der Waals surface area contributed by atoms with E-state index in [1.807, 2.05) is 0 Å². The Morgan fingerprint density at radius 2 is 1.59 bits per heavy atom. The smallest absolute Gasteiger partial charge is 0.271 e. The molecule has 0 atom stereocenters. The lowest BCUT2D eigenvalue weighted by Gasteiger charge is -2.17. The van der Waals surface area contributed by atoms with Gasteiger partial charge in [-0.2, -0.15) is 0 Å². The minimum atomic E-state index is -1.71. The number of nitrogens with one attached hydrogen (secondary N) is 2. The fourth-order valence-electron chi connectivity index (χ4n) is 2.41. The average molecular weight is 410 g/mol. The van der Waals surface area contributed by atoms with E-state index >= 15 is 0 Å². The maximum atomic E-state index is 13.6. The van der Waals surface area contributed by atoms with Crippen molar-refractivity contribution in [2.45, 2.75) is 6.92 Å². The molecule has 154 valence electrons. The molecule has 0 radical (unpaired) electrons. The lowest BCUT2D eigenvalue weighted by Crippen LogP contribution is -2.36. The van der Waals surface area contributed by atoms with Gasteiger partial charge in [0.05, 0.1) is 29.4 Å². The van der Waals surface area contributed by atoms with Crippen LogP contribution in [0.25, 0.3) is 0 Å². The molecule has 2 amide bonds. The van der Waals surface area contributed by atoms with Gasteiger partial charge in [-0.3, -0.25) is 24.6 Å². The molecule has 2 aromatic carbocycles. The summed E-state index contributed by atoms with van der Waals surface area (Å²) in [6.45, 7) is 1.06. The molecule has 2 N–H and O–H groups in total. The van der Waals surface area contributed by atoms with Crippen LogP contribution in [-0.4, -0.2) is 41.8 Å². The number of likely N-dealkylation sites (N-methyl/N-ethyl adjacent to an activating group) is 1. The summed E-state index contributed by atoms with van der Waals surface area (Å²) in [4.78, 5) is 35.6. The Balaban J connectivity index is 1.93. The summed E-state index contributed by atoms with van der Waals surface area (Å²) < 4.78 is 39.7. The van der Waals surface area contributed by atoms with Crippen LogP contribution in [0.1, 0.15) is 5.56 Å². The number of non-ortho nitro benzene ring substituents is 1. The second kappa shape index (κ2) is 9.15. The van der Waals surface area contributed by atoms with Gasteiger partial charge in [0, 0.05) is 12.1 Å². The van der Waals surface area contributed by atoms with Gasteiger partial charge in [-0.1, -0.05) is 6.07 Å². The third kappa shape index (κ3) is 5.75. The Labute approximate surface area is 163 Å². The van der Waals surface area contributed by atoms with Crippen LogP contribution >= 0.6 is 0 Å². The number of carbonyl (C=O) groups is 2. The summed E-state index contributed by atoms with van der Waals surface area (Å²) in [5, 5.41) is 15.4. The number of nitro benzene ring substituents is 1. The number of amides is 2. The number of carbonyl (C=O) groups excluding carboxylic acids is 2. The topological polar surface area (TPSA) is 105 Å². The lowest BCUT2D eigenvalue weighted by atomic mass is 10.2. The summed E-state index contributed by atoms with van der Waals surface area (Å²) in [7, 11) is 1.43. The van der Waals surface area contributed by atoms with Gasteiger partial charge in [-0.15, -0.1) is 0 Å². The van der Waals surface area contributed by atoms with Crippen molar-refractivity contribution in [3.8, 4) is 0 Å². The number of hydrogen-bond donors (Lipinski definition) is 2. The predicted molar refractivity (Wildman–Crippen MR) is 98.9 cm³/mol. The Kier molecular flexibility index (Phi) is 6.89. The first kappa shape index (κ1) is 21.8. The summed E-state index contributed by atoms with van der Waals surface area (Å²) in [5.74, 6) is -5.91. The molecule has 0 unspecified atom stereocenters. The van der Waals surface area contributed by atoms with E-state index < -0.39 is 39.9 Å². The molecule has 0 saturated carbocycles. The van der Waals surface area contributed by atoms with Crippen molar-refractivity contribution < 1.29 is 27.7 Å². The quantitative estimate of drug-likeness (QED) is 0.415. The first-order valence-electron chi connectivity index (χ1n) is 8.25. The van der Waals surface area contributed by atoms with Crippen molar-refractivity contribution in [3.63, 3.8) is 0 Å². The van der Waals surface area contributed by atoms with E-state index in [0.29, 0.717) is 11.6 Å². The van der Waals surface area contributed by atoms with Crippen LogP contribution in [0.2, 0.25) is 0 Å². The van der Waals surface area contributed by atoms with E-state index in [1.54, 1.807) is 6.92 Å². The summed E-state index contributed by atoms with van der Waals surface area (Å²) >= 11 is 0. The number of aryl methyl sites for hydroxylation is 1. The van der Waals surface area contributed by atoms with Crippen molar-refractivity contribution in [2.24, 2.45) is 0 Å². The average Bonchev–Trinajstić information content (AvgIpc) is 2.63. The number of anilines is 2. The Hall–Kier alpha value is -3.47. The standard InChI is InChI=1S/C18H17F3N4O4/c1-10-3-4-11(25(28)29)7-14(10)23-16(27)9-24(2)8-15(26)22-13-6-5-12(19)17(20)18(13)21/h3-7H,8-9H2,1-2H3,(H,22,26)(H,23,27). The van der Waals surface area contributed by atoms with Crippen LogP contribution < -0.4 is 10.6 Å². The SMILES string of the molecule is Cc1ccc([N+](=O)[O-])cc1NC(=O)CN(C)CC(=O)Nc1ccc(F)c(F)c1F. The largest absolute Gasteiger partial charge is 0.324 e. The van der Waals surface area contributed by atoms with Crippen LogP contribution in [0.3, 0.4) is 0 Å². The number of benzene rings is 2. The third-order valence-corrected chi connectivity index (χ3v) is 3.84.